The molecule has 0 saturated carbocycles. The maximum absolute atomic E-state index is 12.4. The average Bonchev–Trinajstić information content (AvgIpc) is 2.67. The first-order valence-electron chi connectivity index (χ1n) is 9.56. The van der Waals surface area contributed by atoms with Crippen LogP contribution in [0.3, 0.4) is 0 Å². The van der Waals surface area contributed by atoms with Crippen LogP contribution in [0.5, 0.6) is 11.5 Å². The van der Waals surface area contributed by atoms with Crippen LogP contribution in [0.15, 0.2) is 42.5 Å². The molecule has 0 bridgehead atoms. The molecule has 0 atom stereocenters. The molecule has 1 N–H and O–H groups in total. The molecule has 6 heteroatoms. The summed E-state index contributed by atoms with van der Waals surface area (Å²) in [5.74, 6) is 0.842. The van der Waals surface area contributed by atoms with Gasteiger partial charge in [0.05, 0.1) is 19.9 Å². The summed E-state index contributed by atoms with van der Waals surface area (Å²) in [4.78, 5) is 26.2. The number of carbonyl (C=O) groups is 2. The molecule has 0 heterocycles. The molecule has 2 aromatic carbocycles. The minimum Gasteiger partial charge on any atom is -0.497 e. The highest BCUT2D eigenvalue weighted by Crippen LogP contribution is 2.29. The number of methoxy groups -OCH3 is 2. The van der Waals surface area contributed by atoms with Gasteiger partial charge in [0.25, 0.3) is 0 Å². The van der Waals surface area contributed by atoms with Crippen LogP contribution in [0.2, 0.25) is 0 Å². The molecule has 0 aromatic heterocycles. The van der Waals surface area contributed by atoms with Crippen molar-refractivity contribution in [1.82, 2.24) is 0 Å². The van der Waals surface area contributed by atoms with E-state index in [1.165, 1.54) is 19.6 Å². The van der Waals surface area contributed by atoms with E-state index in [9.17, 15) is 9.59 Å². The third kappa shape index (κ3) is 5.98. The van der Waals surface area contributed by atoms with Gasteiger partial charge in [0.2, 0.25) is 11.8 Å². The summed E-state index contributed by atoms with van der Waals surface area (Å²) in [6.07, 6.45) is 0.162. The molecule has 0 aliphatic rings. The molecule has 0 unspecified atom stereocenters. The third-order valence-electron chi connectivity index (χ3n) is 4.67. The number of nitrogens with zero attached hydrogens (tertiary/aromatic N) is 1. The molecule has 0 fully saturated rings. The van der Waals surface area contributed by atoms with Crippen LogP contribution in [0, 0.1) is 0 Å². The van der Waals surface area contributed by atoms with Gasteiger partial charge >= 0.3 is 0 Å². The summed E-state index contributed by atoms with van der Waals surface area (Å²) in [5, 5.41) is 2.83. The Morgan fingerprint density at radius 3 is 2.17 bits per heavy atom. The second kappa shape index (κ2) is 9.45. The number of ether oxygens (including phenoxy) is 2. The number of rotatable bonds is 7. The highest BCUT2D eigenvalue weighted by atomic mass is 16.5. The zero-order valence-electron chi connectivity index (χ0n) is 18.0. The fraction of sp³-hybridized carbons (Fsp3) is 0.391. The Balaban J connectivity index is 2.05. The molecular weight excluding hydrogens is 368 g/mol. The van der Waals surface area contributed by atoms with Crippen LogP contribution in [-0.2, 0) is 15.0 Å². The van der Waals surface area contributed by atoms with E-state index in [-0.39, 0.29) is 30.2 Å². The Morgan fingerprint density at radius 1 is 1.00 bits per heavy atom. The first kappa shape index (κ1) is 22.3. The number of hydrogen-bond donors (Lipinski definition) is 1. The fourth-order valence-electron chi connectivity index (χ4n) is 2.94. The Kier molecular flexibility index (Phi) is 7.26. The minimum absolute atomic E-state index is 0.0386. The normalized spacial score (nSPS) is 11.0. The summed E-state index contributed by atoms with van der Waals surface area (Å²) in [5.41, 5.74) is 2.56. The summed E-state index contributed by atoms with van der Waals surface area (Å²) >= 11 is 0. The minimum atomic E-state index is -0.203. The SMILES string of the molecule is COc1ccc(NC(=O)CCN(C(C)=O)c2ccc(C(C)(C)C)cc2)c(OC)c1. The standard InChI is InChI=1S/C23H30N2O4/c1-16(26)25(18-9-7-17(8-10-18)23(2,3)4)14-13-22(27)24-20-12-11-19(28-5)15-21(20)29-6/h7-12,15H,13-14H2,1-6H3,(H,24,27). The quantitative estimate of drug-likeness (QED) is 0.751. The van der Waals surface area contributed by atoms with Gasteiger partial charge in [-0.05, 0) is 35.2 Å². The molecule has 156 valence electrons. The fourth-order valence-corrected chi connectivity index (χ4v) is 2.94. The van der Waals surface area contributed by atoms with E-state index in [1.54, 1.807) is 30.2 Å². The van der Waals surface area contributed by atoms with Crippen molar-refractivity contribution in [1.29, 1.82) is 0 Å². The first-order valence-corrected chi connectivity index (χ1v) is 9.56. The number of hydrogen-bond acceptors (Lipinski definition) is 4. The molecule has 0 saturated heterocycles. The van der Waals surface area contributed by atoms with E-state index in [0.717, 1.165) is 5.69 Å². The Labute approximate surface area is 172 Å². The lowest BCUT2D eigenvalue weighted by Crippen LogP contribution is -2.32. The highest BCUT2D eigenvalue weighted by Gasteiger charge is 2.17. The van der Waals surface area contributed by atoms with Crippen molar-refractivity contribution in [3.63, 3.8) is 0 Å². The van der Waals surface area contributed by atoms with Crippen molar-refractivity contribution < 1.29 is 19.1 Å². The molecule has 6 nitrogen and oxygen atoms in total. The van der Waals surface area contributed by atoms with Gasteiger partial charge in [-0.2, -0.15) is 0 Å². The molecule has 29 heavy (non-hydrogen) atoms. The van der Waals surface area contributed by atoms with Gasteiger partial charge in [-0.1, -0.05) is 32.9 Å². The zero-order valence-corrected chi connectivity index (χ0v) is 18.0. The average molecular weight is 399 g/mol. The molecule has 0 spiro atoms. The molecule has 2 aromatic rings. The van der Waals surface area contributed by atoms with E-state index in [1.807, 2.05) is 24.3 Å². The lowest BCUT2D eigenvalue weighted by atomic mass is 9.87. The van der Waals surface area contributed by atoms with E-state index in [4.69, 9.17) is 9.47 Å². The number of benzene rings is 2. The maximum atomic E-state index is 12.4. The number of nitrogens with one attached hydrogen (secondary N) is 1. The van der Waals surface area contributed by atoms with Crippen molar-refractivity contribution >= 4 is 23.2 Å². The summed E-state index contributed by atoms with van der Waals surface area (Å²) < 4.78 is 10.5. The van der Waals surface area contributed by atoms with Crippen molar-refractivity contribution in [2.75, 3.05) is 31.0 Å². The van der Waals surface area contributed by atoms with Crippen LogP contribution >= 0.6 is 0 Å². The third-order valence-corrected chi connectivity index (χ3v) is 4.67. The van der Waals surface area contributed by atoms with Crippen LogP contribution < -0.4 is 19.7 Å². The molecule has 2 amide bonds. The second-order valence-corrected chi connectivity index (χ2v) is 7.83. The van der Waals surface area contributed by atoms with Gasteiger partial charge < -0.3 is 19.7 Å². The van der Waals surface area contributed by atoms with Gasteiger partial charge in [-0.25, -0.2) is 0 Å². The van der Waals surface area contributed by atoms with Gasteiger partial charge in [0.15, 0.2) is 0 Å². The number of carbonyl (C=O) groups excluding carboxylic acids is 2. The van der Waals surface area contributed by atoms with Crippen LogP contribution in [0.25, 0.3) is 0 Å². The molecule has 0 aliphatic heterocycles. The summed E-state index contributed by atoms with van der Waals surface area (Å²) in [7, 11) is 3.10. The van der Waals surface area contributed by atoms with Crippen molar-refractivity contribution in [2.45, 2.75) is 39.5 Å². The monoisotopic (exact) mass is 398 g/mol. The van der Waals surface area contributed by atoms with Crippen molar-refractivity contribution in [2.24, 2.45) is 0 Å². The molecule has 0 aliphatic carbocycles. The largest absolute Gasteiger partial charge is 0.497 e. The lowest BCUT2D eigenvalue weighted by molar-refractivity contribution is -0.117. The topological polar surface area (TPSA) is 67.9 Å². The Bertz CT molecular complexity index is 854. The van der Waals surface area contributed by atoms with Gasteiger partial charge in [-0.15, -0.1) is 0 Å². The van der Waals surface area contributed by atoms with Crippen molar-refractivity contribution in [3.8, 4) is 11.5 Å². The smallest absolute Gasteiger partial charge is 0.226 e. The predicted octanol–water partition coefficient (Wildman–Crippen LogP) is 4.38. The van der Waals surface area contributed by atoms with Gasteiger partial charge in [-0.3, -0.25) is 9.59 Å². The van der Waals surface area contributed by atoms with Crippen LogP contribution in [-0.4, -0.2) is 32.6 Å². The lowest BCUT2D eigenvalue weighted by Gasteiger charge is -2.24. The molecule has 2 rings (SSSR count). The Hall–Kier alpha value is -3.02. The molecule has 0 radical (unpaired) electrons. The first-order chi connectivity index (χ1) is 13.7. The van der Waals surface area contributed by atoms with E-state index < -0.39 is 0 Å². The van der Waals surface area contributed by atoms with E-state index in [2.05, 4.69) is 26.1 Å². The van der Waals surface area contributed by atoms with E-state index >= 15 is 0 Å². The summed E-state index contributed by atoms with van der Waals surface area (Å²) in [6, 6.07) is 13.1. The van der Waals surface area contributed by atoms with Crippen LogP contribution in [0.1, 0.15) is 39.7 Å². The van der Waals surface area contributed by atoms with E-state index in [0.29, 0.717) is 17.2 Å². The Morgan fingerprint density at radius 2 is 1.66 bits per heavy atom. The second-order valence-electron chi connectivity index (χ2n) is 7.83. The molecular formula is C23H30N2O4. The maximum Gasteiger partial charge on any atom is 0.226 e. The number of amides is 2. The number of anilines is 2. The zero-order chi connectivity index (χ0) is 21.6. The predicted molar refractivity (Wildman–Crippen MR) is 116 cm³/mol. The highest BCUT2D eigenvalue weighted by molar-refractivity contribution is 5.95. The van der Waals surface area contributed by atoms with Crippen LogP contribution in [0.4, 0.5) is 11.4 Å². The van der Waals surface area contributed by atoms with Gasteiger partial charge in [0, 0.05) is 31.6 Å². The van der Waals surface area contributed by atoms with Gasteiger partial charge in [0.1, 0.15) is 11.5 Å². The summed E-state index contributed by atoms with van der Waals surface area (Å²) in [6.45, 7) is 8.21. The van der Waals surface area contributed by atoms with Crippen molar-refractivity contribution in [3.05, 3.63) is 48.0 Å².